The van der Waals surface area contributed by atoms with E-state index in [1.165, 1.54) is 6.07 Å². The van der Waals surface area contributed by atoms with E-state index in [1.807, 2.05) is 0 Å². The number of nitrogens with one attached hydrogen (secondary N) is 1. The number of carboxylic acids is 1. The Morgan fingerprint density at radius 1 is 1.24 bits per heavy atom. The van der Waals surface area contributed by atoms with Crippen LogP contribution in [0.1, 0.15) is 18.4 Å². The summed E-state index contributed by atoms with van der Waals surface area (Å²) in [6.07, 6.45) is 0.359. The molecule has 1 aromatic carbocycles. The van der Waals surface area contributed by atoms with Crippen molar-refractivity contribution in [3.63, 3.8) is 0 Å². The zero-order valence-corrected chi connectivity index (χ0v) is 9.28. The molecule has 0 spiro atoms. The highest BCUT2D eigenvalue weighted by molar-refractivity contribution is 5.77. The van der Waals surface area contributed by atoms with Crippen molar-refractivity contribution in [2.75, 3.05) is 6.54 Å². The van der Waals surface area contributed by atoms with Crippen LogP contribution in [0, 0.1) is 5.82 Å². The van der Waals surface area contributed by atoms with Gasteiger partial charge in [-0.1, -0.05) is 18.2 Å². The van der Waals surface area contributed by atoms with Crippen molar-refractivity contribution in [3.8, 4) is 0 Å². The van der Waals surface area contributed by atoms with Crippen LogP contribution in [0.4, 0.5) is 4.39 Å². The molecule has 0 fully saturated rings. The maximum atomic E-state index is 13.2. The lowest BCUT2D eigenvalue weighted by Gasteiger charge is -2.04. The Morgan fingerprint density at radius 3 is 2.59 bits per heavy atom. The molecule has 0 heterocycles. The highest BCUT2D eigenvalue weighted by Gasteiger charge is 2.05. The van der Waals surface area contributed by atoms with Crippen LogP contribution in [0.15, 0.2) is 24.3 Å². The molecule has 4 nitrogen and oxygen atoms in total. The molecule has 0 atom stereocenters. The second kappa shape index (κ2) is 6.62. The Labute approximate surface area is 98.5 Å². The number of halogens is 1. The molecule has 0 aliphatic rings. The summed E-state index contributed by atoms with van der Waals surface area (Å²) < 4.78 is 13.2. The Morgan fingerprint density at radius 2 is 1.94 bits per heavy atom. The second-order valence-electron chi connectivity index (χ2n) is 3.59. The molecule has 2 N–H and O–H groups in total. The average Bonchev–Trinajstić information content (AvgIpc) is 2.27. The van der Waals surface area contributed by atoms with Crippen molar-refractivity contribution < 1.29 is 19.1 Å². The van der Waals surface area contributed by atoms with Crippen LogP contribution in [0.25, 0.3) is 0 Å². The molecule has 1 aromatic rings. The number of rotatable bonds is 6. The number of aliphatic carboxylic acids is 1. The van der Waals surface area contributed by atoms with Crippen molar-refractivity contribution in [2.45, 2.75) is 19.3 Å². The molecular weight excluding hydrogens is 225 g/mol. The number of aryl methyl sites for hydroxylation is 1. The standard InChI is InChI=1S/C12H14FNO3/c13-10-4-2-1-3-9(10)5-6-11(15)14-8-7-12(16)17/h1-4H,5-8H2,(H,14,15)(H,16,17). The van der Waals surface area contributed by atoms with Crippen molar-refractivity contribution >= 4 is 11.9 Å². The number of carboxylic acid groups (broad SMARTS) is 1. The lowest BCUT2D eigenvalue weighted by Crippen LogP contribution is -2.26. The molecule has 0 saturated heterocycles. The summed E-state index contributed by atoms with van der Waals surface area (Å²) in [5, 5.41) is 10.8. The first kappa shape index (κ1) is 13.2. The van der Waals surface area contributed by atoms with Crippen LogP contribution in [0.3, 0.4) is 0 Å². The fourth-order valence-corrected chi connectivity index (χ4v) is 1.35. The number of hydrogen-bond acceptors (Lipinski definition) is 2. The third-order valence-corrected chi connectivity index (χ3v) is 2.24. The summed E-state index contributed by atoms with van der Waals surface area (Å²) in [4.78, 5) is 21.5. The van der Waals surface area contributed by atoms with Crippen molar-refractivity contribution in [1.82, 2.24) is 5.32 Å². The van der Waals surface area contributed by atoms with Gasteiger partial charge in [0.05, 0.1) is 6.42 Å². The van der Waals surface area contributed by atoms with Crippen LogP contribution in [-0.4, -0.2) is 23.5 Å². The van der Waals surface area contributed by atoms with E-state index in [-0.39, 0.29) is 31.1 Å². The summed E-state index contributed by atoms with van der Waals surface area (Å²) in [6, 6.07) is 6.27. The van der Waals surface area contributed by atoms with Crippen molar-refractivity contribution in [3.05, 3.63) is 35.6 Å². The van der Waals surface area contributed by atoms with Gasteiger partial charge in [-0.05, 0) is 18.1 Å². The summed E-state index contributed by atoms with van der Waals surface area (Å²) in [5.41, 5.74) is 0.487. The topological polar surface area (TPSA) is 66.4 Å². The van der Waals surface area contributed by atoms with Crippen LogP contribution in [0.2, 0.25) is 0 Å². The average molecular weight is 239 g/mol. The first-order chi connectivity index (χ1) is 8.09. The smallest absolute Gasteiger partial charge is 0.305 e. The number of benzene rings is 1. The zero-order valence-electron chi connectivity index (χ0n) is 9.28. The van der Waals surface area contributed by atoms with Crippen LogP contribution in [-0.2, 0) is 16.0 Å². The maximum Gasteiger partial charge on any atom is 0.305 e. The van der Waals surface area contributed by atoms with Gasteiger partial charge in [-0.3, -0.25) is 9.59 Å². The van der Waals surface area contributed by atoms with Gasteiger partial charge in [0, 0.05) is 13.0 Å². The Bertz CT molecular complexity index is 406. The van der Waals surface area contributed by atoms with Crippen LogP contribution < -0.4 is 5.32 Å². The summed E-state index contributed by atoms with van der Waals surface area (Å²) in [5.74, 6) is -1.56. The zero-order chi connectivity index (χ0) is 12.7. The summed E-state index contributed by atoms with van der Waals surface area (Å²) >= 11 is 0. The number of carbonyl (C=O) groups excluding carboxylic acids is 1. The predicted molar refractivity (Wildman–Crippen MR) is 60.0 cm³/mol. The van der Waals surface area contributed by atoms with Gasteiger partial charge in [0.25, 0.3) is 0 Å². The van der Waals surface area contributed by atoms with E-state index in [0.717, 1.165) is 0 Å². The second-order valence-corrected chi connectivity index (χ2v) is 3.59. The van der Waals surface area contributed by atoms with E-state index in [1.54, 1.807) is 18.2 Å². The highest BCUT2D eigenvalue weighted by Crippen LogP contribution is 2.08. The summed E-state index contributed by atoms with van der Waals surface area (Å²) in [7, 11) is 0. The fraction of sp³-hybridized carbons (Fsp3) is 0.333. The fourth-order valence-electron chi connectivity index (χ4n) is 1.35. The predicted octanol–water partition coefficient (Wildman–Crippen LogP) is 1.35. The van der Waals surface area contributed by atoms with E-state index in [9.17, 15) is 14.0 Å². The van der Waals surface area contributed by atoms with Crippen molar-refractivity contribution in [2.24, 2.45) is 0 Å². The van der Waals surface area contributed by atoms with Gasteiger partial charge >= 0.3 is 5.97 Å². The van der Waals surface area contributed by atoms with E-state index >= 15 is 0 Å². The highest BCUT2D eigenvalue weighted by atomic mass is 19.1. The molecule has 17 heavy (non-hydrogen) atoms. The number of hydrogen-bond donors (Lipinski definition) is 2. The summed E-state index contributed by atoms with van der Waals surface area (Å²) in [6.45, 7) is 0.103. The normalized spacial score (nSPS) is 9.94. The van der Waals surface area contributed by atoms with E-state index < -0.39 is 5.97 Å². The van der Waals surface area contributed by atoms with Gasteiger partial charge in [-0.2, -0.15) is 0 Å². The molecule has 0 saturated carbocycles. The minimum Gasteiger partial charge on any atom is -0.481 e. The molecule has 0 aliphatic carbocycles. The Hall–Kier alpha value is -1.91. The van der Waals surface area contributed by atoms with Gasteiger partial charge in [0.15, 0.2) is 0 Å². The Balaban J connectivity index is 2.29. The first-order valence-corrected chi connectivity index (χ1v) is 5.31. The monoisotopic (exact) mass is 239 g/mol. The molecular formula is C12H14FNO3. The van der Waals surface area contributed by atoms with Gasteiger partial charge in [-0.15, -0.1) is 0 Å². The SMILES string of the molecule is O=C(O)CCNC(=O)CCc1ccccc1F. The van der Waals surface area contributed by atoms with Gasteiger partial charge in [0.1, 0.15) is 5.82 Å². The van der Waals surface area contributed by atoms with Gasteiger partial charge in [-0.25, -0.2) is 4.39 Å². The number of carbonyl (C=O) groups is 2. The molecule has 1 amide bonds. The molecule has 0 radical (unpaired) electrons. The number of amides is 1. The lowest BCUT2D eigenvalue weighted by atomic mass is 10.1. The molecule has 5 heteroatoms. The van der Waals surface area contributed by atoms with E-state index in [4.69, 9.17) is 5.11 Å². The molecule has 0 bridgehead atoms. The van der Waals surface area contributed by atoms with Gasteiger partial charge in [0.2, 0.25) is 5.91 Å². The maximum absolute atomic E-state index is 13.2. The van der Waals surface area contributed by atoms with Gasteiger partial charge < -0.3 is 10.4 Å². The molecule has 92 valence electrons. The van der Waals surface area contributed by atoms with E-state index in [2.05, 4.69) is 5.32 Å². The Kier molecular flexibility index (Phi) is 5.13. The van der Waals surface area contributed by atoms with Crippen LogP contribution >= 0.6 is 0 Å². The lowest BCUT2D eigenvalue weighted by molar-refractivity contribution is -0.136. The largest absolute Gasteiger partial charge is 0.481 e. The molecule has 1 rings (SSSR count). The van der Waals surface area contributed by atoms with Crippen LogP contribution in [0.5, 0.6) is 0 Å². The quantitative estimate of drug-likeness (QED) is 0.787. The minimum atomic E-state index is -0.959. The first-order valence-electron chi connectivity index (χ1n) is 5.31. The van der Waals surface area contributed by atoms with Crippen molar-refractivity contribution in [1.29, 1.82) is 0 Å². The molecule has 0 aliphatic heterocycles. The third-order valence-electron chi connectivity index (χ3n) is 2.24. The minimum absolute atomic E-state index is 0.103. The third kappa shape index (κ3) is 5.10. The molecule has 0 aromatic heterocycles. The molecule has 0 unspecified atom stereocenters. The van der Waals surface area contributed by atoms with E-state index in [0.29, 0.717) is 12.0 Å².